The third-order valence-corrected chi connectivity index (χ3v) is 2.43. The summed E-state index contributed by atoms with van der Waals surface area (Å²) in [5.41, 5.74) is 0. The molecule has 2 atom stereocenters. The molecule has 0 aromatic carbocycles. The van der Waals surface area contributed by atoms with Gasteiger partial charge in [-0.2, -0.15) is 0 Å². The molecular formula is C10H18O4. The fraction of sp³-hybridized carbons (Fsp3) is 0.900. The van der Waals surface area contributed by atoms with E-state index in [1.165, 1.54) is 0 Å². The zero-order chi connectivity index (χ0) is 10.4. The summed E-state index contributed by atoms with van der Waals surface area (Å²) in [6, 6.07) is 0. The predicted octanol–water partition coefficient (Wildman–Crippen LogP) is 1.17. The normalized spacial score (nSPS) is 21.9. The van der Waals surface area contributed by atoms with Crippen LogP contribution in [0.4, 0.5) is 0 Å². The molecule has 14 heavy (non-hydrogen) atoms. The molecule has 0 spiro atoms. The highest BCUT2D eigenvalue weighted by atomic mass is 16.6. The number of hydrogen-bond acceptors (Lipinski definition) is 3. The number of aliphatic hydroxyl groups excluding tert-OH is 1. The Morgan fingerprint density at radius 1 is 1.36 bits per heavy atom. The molecule has 1 saturated heterocycles. The molecule has 1 heterocycles. The quantitative estimate of drug-likeness (QED) is 0.458. The molecule has 4 heteroatoms. The van der Waals surface area contributed by atoms with Gasteiger partial charge < -0.3 is 14.9 Å². The van der Waals surface area contributed by atoms with Crippen molar-refractivity contribution in [1.29, 1.82) is 0 Å². The number of rotatable bonds is 8. The van der Waals surface area contributed by atoms with Gasteiger partial charge in [0.25, 0.3) is 0 Å². The van der Waals surface area contributed by atoms with Crippen LogP contribution in [0.2, 0.25) is 0 Å². The first kappa shape index (κ1) is 11.5. The Hall–Kier alpha value is -0.610. The first-order valence-electron chi connectivity index (χ1n) is 5.21. The van der Waals surface area contributed by atoms with E-state index in [9.17, 15) is 9.90 Å². The zero-order valence-electron chi connectivity index (χ0n) is 8.32. The van der Waals surface area contributed by atoms with Crippen LogP contribution in [0.25, 0.3) is 0 Å². The van der Waals surface area contributed by atoms with Crippen LogP contribution in [0, 0.1) is 0 Å². The molecule has 1 fully saturated rings. The fourth-order valence-electron chi connectivity index (χ4n) is 1.45. The molecule has 0 saturated carbocycles. The van der Waals surface area contributed by atoms with Crippen LogP contribution >= 0.6 is 0 Å². The lowest BCUT2D eigenvalue weighted by Crippen LogP contribution is -2.13. The summed E-state index contributed by atoms with van der Waals surface area (Å²) in [5.74, 6) is -0.726. The molecule has 82 valence electrons. The molecule has 2 unspecified atom stereocenters. The lowest BCUT2D eigenvalue weighted by Gasteiger charge is -2.05. The molecule has 2 N–H and O–H groups in total. The summed E-state index contributed by atoms with van der Waals surface area (Å²) in [4.78, 5) is 10.2. The molecule has 0 aromatic rings. The van der Waals surface area contributed by atoms with Crippen molar-refractivity contribution in [3.63, 3.8) is 0 Å². The second kappa shape index (κ2) is 5.98. The Balaban J connectivity index is 1.81. The van der Waals surface area contributed by atoms with Crippen LogP contribution in [-0.4, -0.2) is 35.0 Å². The summed E-state index contributed by atoms with van der Waals surface area (Å²) in [6.07, 6.45) is 4.43. The van der Waals surface area contributed by atoms with Gasteiger partial charge in [-0.05, 0) is 12.8 Å². The Morgan fingerprint density at radius 3 is 2.57 bits per heavy atom. The van der Waals surface area contributed by atoms with Crippen LogP contribution in [0.15, 0.2) is 0 Å². The van der Waals surface area contributed by atoms with Crippen molar-refractivity contribution in [3.05, 3.63) is 0 Å². The summed E-state index contributed by atoms with van der Waals surface area (Å²) in [6.45, 7) is 0.695. The monoisotopic (exact) mass is 202 g/mol. The van der Waals surface area contributed by atoms with Crippen molar-refractivity contribution in [1.82, 2.24) is 0 Å². The minimum atomic E-state index is -0.726. The molecular weight excluding hydrogens is 184 g/mol. The first-order chi connectivity index (χ1) is 6.70. The molecule has 0 radical (unpaired) electrons. The first-order valence-corrected chi connectivity index (χ1v) is 5.21. The van der Waals surface area contributed by atoms with Crippen molar-refractivity contribution in [2.24, 2.45) is 0 Å². The van der Waals surface area contributed by atoms with Crippen molar-refractivity contribution in [2.45, 2.75) is 50.7 Å². The maximum atomic E-state index is 10.2. The van der Waals surface area contributed by atoms with E-state index in [-0.39, 0.29) is 18.6 Å². The maximum absolute atomic E-state index is 10.2. The third kappa shape index (κ3) is 5.19. The van der Waals surface area contributed by atoms with Gasteiger partial charge in [-0.3, -0.25) is 4.79 Å². The number of ether oxygens (including phenoxy) is 1. The minimum Gasteiger partial charge on any atom is -0.481 e. The number of carbonyl (C=O) groups is 1. The van der Waals surface area contributed by atoms with Crippen LogP contribution in [0.1, 0.15) is 38.5 Å². The summed E-state index contributed by atoms with van der Waals surface area (Å²) in [5, 5.41) is 17.8. The van der Waals surface area contributed by atoms with Gasteiger partial charge in [0.15, 0.2) is 0 Å². The summed E-state index contributed by atoms with van der Waals surface area (Å²) in [7, 11) is 0. The van der Waals surface area contributed by atoms with E-state index in [0.29, 0.717) is 6.61 Å². The highest BCUT2D eigenvalue weighted by Crippen LogP contribution is 2.18. The second-order valence-electron chi connectivity index (χ2n) is 3.79. The van der Waals surface area contributed by atoms with E-state index in [1.54, 1.807) is 0 Å². The van der Waals surface area contributed by atoms with E-state index < -0.39 is 5.97 Å². The minimum absolute atomic E-state index is 0.0778. The van der Waals surface area contributed by atoms with E-state index in [2.05, 4.69) is 0 Å². The van der Waals surface area contributed by atoms with E-state index in [4.69, 9.17) is 9.84 Å². The van der Waals surface area contributed by atoms with Crippen molar-refractivity contribution in [2.75, 3.05) is 6.61 Å². The Morgan fingerprint density at radius 2 is 2.00 bits per heavy atom. The van der Waals surface area contributed by atoms with E-state index >= 15 is 0 Å². The predicted molar refractivity (Wildman–Crippen MR) is 51.1 cm³/mol. The average molecular weight is 202 g/mol. The van der Waals surface area contributed by atoms with Gasteiger partial charge in [0, 0.05) is 6.42 Å². The largest absolute Gasteiger partial charge is 0.481 e. The van der Waals surface area contributed by atoms with Crippen molar-refractivity contribution in [3.8, 4) is 0 Å². The van der Waals surface area contributed by atoms with E-state index in [0.717, 1.165) is 32.1 Å². The highest BCUT2D eigenvalue weighted by molar-refractivity contribution is 5.66. The van der Waals surface area contributed by atoms with Crippen molar-refractivity contribution < 1.29 is 19.7 Å². The van der Waals surface area contributed by atoms with Gasteiger partial charge in [-0.25, -0.2) is 0 Å². The van der Waals surface area contributed by atoms with Gasteiger partial charge in [-0.1, -0.05) is 19.3 Å². The second-order valence-corrected chi connectivity index (χ2v) is 3.79. The fourth-order valence-corrected chi connectivity index (χ4v) is 1.45. The molecule has 1 aliphatic rings. The number of aliphatic carboxylic acids is 1. The average Bonchev–Trinajstić information content (AvgIpc) is 2.92. The molecule has 4 nitrogen and oxygen atoms in total. The number of unbranched alkanes of at least 4 members (excludes halogenated alkanes) is 3. The van der Waals surface area contributed by atoms with E-state index in [1.807, 2.05) is 0 Å². The smallest absolute Gasteiger partial charge is 0.303 e. The van der Waals surface area contributed by atoms with Gasteiger partial charge in [0.05, 0.1) is 12.7 Å². The molecule has 0 bridgehead atoms. The number of aliphatic hydroxyl groups is 1. The third-order valence-electron chi connectivity index (χ3n) is 2.43. The van der Waals surface area contributed by atoms with Crippen LogP contribution in [0.3, 0.4) is 0 Å². The lowest BCUT2D eigenvalue weighted by molar-refractivity contribution is -0.137. The van der Waals surface area contributed by atoms with Crippen molar-refractivity contribution >= 4 is 5.97 Å². The van der Waals surface area contributed by atoms with Gasteiger partial charge in [0.2, 0.25) is 0 Å². The molecule has 0 aliphatic carbocycles. The van der Waals surface area contributed by atoms with Gasteiger partial charge in [-0.15, -0.1) is 0 Å². The summed E-state index contributed by atoms with van der Waals surface area (Å²) >= 11 is 0. The number of carboxylic acids is 1. The highest BCUT2D eigenvalue weighted by Gasteiger charge is 2.30. The van der Waals surface area contributed by atoms with Gasteiger partial charge >= 0.3 is 5.97 Å². The Kier molecular flexibility index (Phi) is 4.90. The van der Waals surface area contributed by atoms with Gasteiger partial charge in [0.1, 0.15) is 6.10 Å². The Bertz CT molecular complexity index is 177. The van der Waals surface area contributed by atoms with Crippen LogP contribution in [0.5, 0.6) is 0 Å². The Labute approximate surface area is 83.9 Å². The summed E-state index contributed by atoms with van der Waals surface area (Å²) < 4.78 is 4.95. The standard InChI is InChI=1S/C10H18O4/c11-8(9-7-14-9)5-3-1-2-4-6-10(12)13/h8-9,11H,1-7H2,(H,12,13). The number of hydrogen-bond donors (Lipinski definition) is 2. The molecule has 1 rings (SSSR count). The zero-order valence-corrected chi connectivity index (χ0v) is 8.32. The van der Waals surface area contributed by atoms with Crippen LogP contribution in [-0.2, 0) is 9.53 Å². The maximum Gasteiger partial charge on any atom is 0.303 e. The van der Waals surface area contributed by atoms with Crippen LogP contribution < -0.4 is 0 Å². The lowest BCUT2D eigenvalue weighted by atomic mass is 10.1. The number of carboxylic acid groups (broad SMARTS) is 1. The molecule has 0 amide bonds. The number of epoxide rings is 1. The topological polar surface area (TPSA) is 70.1 Å². The molecule has 1 aliphatic heterocycles. The SMILES string of the molecule is O=C(O)CCCCCCC(O)C1CO1. The molecule has 0 aromatic heterocycles.